The highest BCUT2D eigenvalue weighted by Crippen LogP contribution is 2.29. The Morgan fingerprint density at radius 2 is 1.81 bits per heavy atom. The summed E-state index contributed by atoms with van der Waals surface area (Å²) in [6.45, 7) is 5.36. The van der Waals surface area contributed by atoms with E-state index in [4.69, 9.17) is 5.73 Å². The molecule has 1 fully saturated rings. The summed E-state index contributed by atoms with van der Waals surface area (Å²) in [6.07, 6.45) is 2.56. The van der Waals surface area contributed by atoms with E-state index in [-0.39, 0.29) is 4.90 Å². The molecule has 21 heavy (non-hydrogen) atoms. The molecule has 2 atom stereocenters. The lowest BCUT2D eigenvalue weighted by Crippen LogP contribution is -2.45. The second-order valence-corrected chi connectivity index (χ2v) is 7.61. The minimum absolute atomic E-state index is 0.239. The lowest BCUT2D eigenvalue weighted by atomic mass is 9.93. The normalized spacial score (nSPS) is 23.2. The zero-order valence-corrected chi connectivity index (χ0v) is 13.6. The standard InChI is InChI=1S/C15H24N2O3S/c1-9-8-10(2)15(11(3)14(9)16)21(19,20)17-12-6-4-5-7-13(12)18/h8,12-13,17-18H,4-7,16H2,1-3H3/t12-,13-/m0/s1. The molecule has 0 radical (unpaired) electrons. The first-order valence-electron chi connectivity index (χ1n) is 7.30. The van der Waals surface area contributed by atoms with Gasteiger partial charge in [0.25, 0.3) is 0 Å². The first-order valence-corrected chi connectivity index (χ1v) is 8.79. The smallest absolute Gasteiger partial charge is 0.241 e. The van der Waals surface area contributed by atoms with Crippen molar-refractivity contribution in [1.29, 1.82) is 0 Å². The maximum Gasteiger partial charge on any atom is 0.241 e. The topological polar surface area (TPSA) is 92.4 Å². The third kappa shape index (κ3) is 3.22. The van der Waals surface area contributed by atoms with Crippen LogP contribution in [0, 0.1) is 20.8 Å². The van der Waals surface area contributed by atoms with Crippen LogP contribution in [0.4, 0.5) is 5.69 Å². The molecular formula is C15H24N2O3S. The van der Waals surface area contributed by atoms with E-state index < -0.39 is 22.2 Å². The molecule has 118 valence electrons. The third-order valence-corrected chi connectivity index (χ3v) is 6.04. The van der Waals surface area contributed by atoms with Gasteiger partial charge in [0.15, 0.2) is 0 Å². The summed E-state index contributed by atoms with van der Waals surface area (Å²) in [7, 11) is -3.68. The molecule has 1 aromatic rings. The zero-order chi connectivity index (χ0) is 15.8. The van der Waals surface area contributed by atoms with Gasteiger partial charge in [-0.1, -0.05) is 18.9 Å². The number of aryl methyl sites for hydroxylation is 2. The maximum atomic E-state index is 12.7. The second kappa shape index (κ2) is 5.94. The summed E-state index contributed by atoms with van der Waals surface area (Å²) in [4.78, 5) is 0.239. The van der Waals surface area contributed by atoms with E-state index >= 15 is 0 Å². The molecule has 0 heterocycles. The Hall–Kier alpha value is -1.11. The molecule has 0 saturated heterocycles. The number of nitrogens with two attached hydrogens (primary N) is 1. The Morgan fingerprint density at radius 1 is 1.19 bits per heavy atom. The summed E-state index contributed by atoms with van der Waals surface area (Å²) < 4.78 is 28.0. The molecule has 0 unspecified atom stereocenters. The number of aliphatic hydroxyl groups excluding tert-OH is 1. The summed E-state index contributed by atoms with van der Waals surface area (Å²) in [6, 6.07) is 1.37. The Balaban J connectivity index is 2.38. The van der Waals surface area contributed by atoms with Gasteiger partial charge in [0.2, 0.25) is 10.0 Å². The SMILES string of the molecule is Cc1cc(C)c(S(=O)(=O)N[C@H]2CCCC[C@@H]2O)c(C)c1N. The van der Waals surface area contributed by atoms with Crippen molar-refractivity contribution in [2.75, 3.05) is 5.73 Å². The van der Waals surface area contributed by atoms with Crippen molar-refractivity contribution in [3.05, 3.63) is 22.8 Å². The molecular weight excluding hydrogens is 288 g/mol. The molecule has 1 saturated carbocycles. The van der Waals surface area contributed by atoms with Crippen LogP contribution in [-0.4, -0.2) is 25.7 Å². The molecule has 2 rings (SSSR count). The Kier molecular flexibility index (Phi) is 4.60. The van der Waals surface area contributed by atoms with Crippen molar-refractivity contribution in [1.82, 2.24) is 4.72 Å². The molecule has 0 aliphatic heterocycles. The fourth-order valence-corrected chi connectivity index (χ4v) is 4.89. The summed E-state index contributed by atoms with van der Waals surface area (Å²) in [5, 5.41) is 9.96. The van der Waals surface area contributed by atoms with E-state index in [0.717, 1.165) is 18.4 Å². The highest BCUT2D eigenvalue weighted by atomic mass is 32.2. The monoisotopic (exact) mass is 312 g/mol. The van der Waals surface area contributed by atoms with Crippen LogP contribution < -0.4 is 10.5 Å². The van der Waals surface area contributed by atoms with Gasteiger partial charge in [-0.15, -0.1) is 0 Å². The minimum atomic E-state index is -3.68. The van der Waals surface area contributed by atoms with E-state index in [1.54, 1.807) is 19.9 Å². The van der Waals surface area contributed by atoms with Gasteiger partial charge in [-0.05, 0) is 50.3 Å². The molecule has 1 aliphatic rings. The summed E-state index contributed by atoms with van der Waals surface area (Å²) >= 11 is 0. The van der Waals surface area contributed by atoms with Gasteiger partial charge in [0.1, 0.15) is 0 Å². The lowest BCUT2D eigenvalue weighted by molar-refractivity contribution is 0.101. The fourth-order valence-electron chi connectivity index (χ4n) is 3.10. The average molecular weight is 312 g/mol. The highest BCUT2D eigenvalue weighted by molar-refractivity contribution is 7.89. The van der Waals surface area contributed by atoms with Gasteiger partial charge in [-0.25, -0.2) is 13.1 Å². The van der Waals surface area contributed by atoms with E-state index in [1.165, 1.54) is 0 Å². The number of nitrogens with one attached hydrogen (secondary N) is 1. The fraction of sp³-hybridized carbons (Fsp3) is 0.600. The summed E-state index contributed by atoms with van der Waals surface area (Å²) in [5.74, 6) is 0. The van der Waals surface area contributed by atoms with Crippen LogP contribution in [0.3, 0.4) is 0 Å². The summed E-state index contributed by atoms with van der Waals surface area (Å²) in [5.41, 5.74) is 8.60. The third-order valence-electron chi connectivity index (χ3n) is 4.27. The largest absolute Gasteiger partial charge is 0.398 e. The number of nitrogen functional groups attached to an aromatic ring is 1. The van der Waals surface area contributed by atoms with Crippen LogP contribution in [0.1, 0.15) is 42.4 Å². The molecule has 1 aliphatic carbocycles. The van der Waals surface area contributed by atoms with Crippen molar-refractivity contribution < 1.29 is 13.5 Å². The lowest BCUT2D eigenvalue weighted by Gasteiger charge is -2.28. The number of rotatable bonds is 3. The van der Waals surface area contributed by atoms with Gasteiger partial charge < -0.3 is 10.8 Å². The van der Waals surface area contributed by atoms with Crippen LogP contribution in [-0.2, 0) is 10.0 Å². The average Bonchev–Trinajstić information content (AvgIpc) is 2.38. The highest BCUT2D eigenvalue weighted by Gasteiger charge is 2.30. The van der Waals surface area contributed by atoms with Crippen molar-refractivity contribution in [3.8, 4) is 0 Å². The molecule has 1 aromatic carbocycles. The predicted molar refractivity (Wildman–Crippen MR) is 83.6 cm³/mol. The molecule has 0 bridgehead atoms. The van der Waals surface area contributed by atoms with E-state index in [9.17, 15) is 13.5 Å². The number of aliphatic hydroxyl groups is 1. The van der Waals surface area contributed by atoms with Crippen molar-refractivity contribution in [2.24, 2.45) is 0 Å². The van der Waals surface area contributed by atoms with Crippen molar-refractivity contribution in [3.63, 3.8) is 0 Å². The van der Waals surface area contributed by atoms with Crippen LogP contribution in [0.15, 0.2) is 11.0 Å². The quantitative estimate of drug-likeness (QED) is 0.742. The van der Waals surface area contributed by atoms with Crippen molar-refractivity contribution >= 4 is 15.7 Å². The Bertz CT molecular complexity index is 641. The van der Waals surface area contributed by atoms with E-state index in [2.05, 4.69) is 4.72 Å². The zero-order valence-electron chi connectivity index (χ0n) is 12.8. The number of hydrogen-bond acceptors (Lipinski definition) is 4. The van der Waals surface area contributed by atoms with Crippen LogP contribution in [0.25, 0.3) is 0 Å². The molecule has 0 aromatic heterocycles. The van der Waals surface area contributed by atoms with Gasteiger partial charge in [-0.2, -0.15) is 0 Å². The molecule has 0 amide bonds. The van der Waals surface area contributed by atoms with E-state index in [1.807, 2.05) is 6.92 Å². The van der Waals surface area contributed by atoms with Crippen LogP contribution >= 0.6 is 0 Å². The predicted octanol–water partition coefficient (Wildman–Crippen LogP) is 1.78. The second-order valence-electron chi connectivity index (χ2n) is 5.96. The Morgan fingerprint density at radius 3 is 2.43 bits per heavy atom. The first kappa shape index (κ1) is 16.3. The van der Waals surface area contributed by atoms with Gasteiger partial charge in [0, 0.05) is 11.7 Å². The molecule has 0 spiro atoms. The first-order chi connectivity index (χ1) is 9.74. The number of anilines is 1. The Labute approximate surface area is 126 Å². The number of sulfonamides is 1. The molecule has 4 N–H and O–H groups in total. The van der Waals surface area contributed by atoms with E-state index in [0.29, 0.717) is 29.7 Å². The minimum Gasteiger partial charge on any atom is -0.398 e. The maximum absolute atomic E-state index is 12.7. The van der Waals surface area contributed by atoms with Crippen LogP contribution in [0.5, 0.6) is 0 Å². The van der Waals surface area contributed by atoms with Gasteiger partial charge in [-0.3, -0.25) is 0 Å². The number of hydrogen-bond donors (Lipinski definition) is 3. The molecule has 6 heteroatoms. The van der Waals surface area contributed by atoms with Crippen LogP contribution in [0.2, 0.25) is 0 Å². The van der Waals surface area contributed by atoms with Gasteiger partial charge in [0.05, 0.1) is 11.0 Å². The number of benzene rings is 1. The van der Waals surface area contributed by atoms with Crippen molar-refractivity contribution in [2.45, 2.75) is 63.5 Å². The van der Waals surface area contributed by atoms with Gasteiger partial charge >= 0.3 is 0 Å². The molecule has 5 nitrogen and oxygen atoms in total.